The first-order chi connectivity index (χ1) is 9.89. The Kier molecular flexibility index (Phi) is 5.93. The summed E-state index contributed by atoms with van der Waals surface area (Å²) < 4.78 is 38.0. The van der Waals surface area contributed by atoms with E-state index in [9.17, 15) is 23.2 Å². The first-order valence-electron chi connectivity index (χ1n) is 6.37. The molecule has 0 aliphatic heterocycles. The van der Waals surface area contributed by atoms with Gasteiger partial charge in [-0.1, -0.05) is 26.0 Å². The van der Waals surface area contributed by atoms with Crippen LogP contribution in [0.25, 0.3) is 11.1 Å². The predicted octanol–water partition coefficient (Wildman–Crippen LogP) is 2.47. The van der Waals surface area contributed by atoms with Crippen molar-refractivity contribution < 1.29 is 23.2 Å². The highest BCUT2D eigenvalue weighted by Gasteiger charge is 2.32. The van der Waals surface area contributed by atoms with Gasteiger partial charge in [-0.2, -0.15) is 13.2 Å². The molecule has 0 radical (unpaired) electrons. The molecule has 0 amide bonds. The van der Waals surface area contributed by atoms with Crippen molar-refractivity contribution in [2.24, 2.45) is 0 Å². The second kappa shape index (κ2) is 7.24. The maximum Gasteiger partial charge on any atom is 0.489 e. The third kappa shape index (κ3) is 4.31. The average molecular weight is 297 g/mol. The van der Waals surface area contributed by atoms with Crippen LogP contribution in [0.2, 0.25) is 0 Å². The summed E-state index contributed by atoms with van der Waals surface area (Å²) in [6.07, 6.45) is -1.65. The van der Waals surface area contributed by atoms with Gasteiger partial charge in [-0.3, -0.25) is 4.98 Å². The second-order valence-corrected chi connectivity index (χ2v) is 3.91. The molecule has 0 aliphatic carbocycles. The van der Waals surface area contributed by atoms with Crippen LogP contribution >= 0.6 is 0 Å². The SMILES string of the molecule is CC.OB(O)c1ccc(C(F)(F)F)cc1-c1ccncc1. The van der Waals surface area contributed by atoms with Crippen LogP contribution in [0.1, 0.15) is 19.4 Å². The van der Waals surface area contributed by atoms with Crippen LogP contribution in [-0.2, 0) is 6.18 Å². The predicted molar refractivity (Wildman–Crippen MR) is 75.8 cm³/mol. The Labute approximate surface area is 121 Å². The molecular formula is C14H15BF3NO2. The molecule has 1 aromatic carbocycles. The lowest BCUT2D eigenvalue weighted by atomic mass is 9.75. The third-order valence-corrected chi connectivity index (χ3v) is 2.65. The van der Waals surface area contributed by atoms with Crippen LogP contribution in [0.3, 0.4) is 0 Å². The molecule has 0 spiro atoms. The molecular weight excluding hydrogens is 282 g/mol. The molecule has 0 aliphatic rings. The molecule has 0 bridgehead atoms. The van der Waals surface area contributed by atoms with Crippen LogP contribution in [0.5, 0.6) is 0 Å². The fourth-order valence-corrected chi connectivity index (χ4v) is 1.74. The van der Waals surface area contributed by atoms with Crippen molar-refractivity contribution in [1.29, 1.82) is 0 Å². The zero-order valence-electron chi connectivity index (χ0n) is 11.6. The Bertz CT molecular complexity index is 574. The van der Waals surface area contributed by atoms with E-state index in [0.29, 0.717) is 5.56 Å². The topological polar surface area (TPSA) is 53.4 Å². The summed E-state index contributed by atoms with van der Waals surface area (Å²) in [5, 5.41) is 18.4. The molecule has 0 unspecified atom stereocenters. The minimum absolute atomic E-state index is 0.0131. The van der Waals surface area contributed by atoms with Gasteiger partial charge in [-0.05, 0) is 34.8 Å². The van der Waals surface area contributed by atoms with E-state index in [1.54, 1.807) is 0 Å². The van der Waals surface area contributed by atoms with Gasteiger partial charge < -0.3 is 10.0 Å². The van der Waals surface area contributed by atoms with Crippen molar-refractivity contribution in [1.82, 2.24) is 4.98 Å². The van der Waals surface area contributed by atoms with Crippen molar-refractivity contribution in [3.05, 3.63) is 48.3 Å². The zero-order valence-corrected chi connectivity index (χ0v) is 11.6. The monoisotopic (exact) mass is 297 g/mol. The number of nitrogens with zero attached hydrogens (tertiary/aromatic N) is 1. The smallest absolute Gasteiger partial charge is 0.423 e. The molecule has 0 atom stereocenters. The quantitative estimate of drug-likeness (QED) is 0.837. The fraction of sp³-hybridized carbons (Fsp3) is 0.214. The van der Waals surface area contributed by atoms with Gasteiger partial charge in [0.2, 0.25) is 0 Å². The maximum atomic E-state index is 12.7. The standard InChI is InChI=1S/C12H9BF3NO2.C2H6/c14-12(15,16)9-1-2-11(13(18)19)10(7-9)8-3-5-17-6-4-8;1-2/h1-7,18-19H;1-2H3. The Morgan fingerprint density at radius 2 is 1.57 bits per heavy atom. The number of halogens is 3. The molecule has 0 saturated carbocycles. The van der Waals surface area contributed by atoms with Crippen molar-refractivity contribution in [3.8, 4) is 11.1 Å². The van der Waals surface area contributed by atoms with Crippen molar-refractivity contribution in [2.75, 3.05) is 0 Å². The molecule has 2 rings (SSSR count). The van der Waals surface area contributed by atoms with Gasteiger partial charge in [0.1, 0.15) is 0 Å². The number of hydrogen-bond acceptors (Lipinski definition) is 3. The van der Waals surface area contributed by atoms with E-state index in [0.717, 1.165) is 18.2 Å². The first kappa shape index (κ1) is 17.2. The highest BCUT2D eigenvalue weighted by atomic mass is 19.4. The minimum atomic E-state index is -4.49. The van der Waals surface area contributed by atoms with Crippen molar-refractivity contribution in [2.45, 2.75) is 20.0 Å². The maximum absolute atomic E-state index is 12.7. The van der Waals surface area contributed by atoms with Crippen molar-refractivity contribution >= 4 is 12.6 Å². The number of pyridine rings is 1. The summed E-state index contributed by atoms with van der Waals surface area (Å²) in [5.74, 6) is 0. The van der Waals surface area contributed by atoms with Crippen molar-refractivity contribution in [3.63, 3.8) is 0 Å². The van der Waals surface area contributed by atoms with Gasteiger partial charge in [0.25, 0.3) is 0 Å². The molecule has 7 heteroatoms. The summed E-state index contributed by atoms with van der Waals surface area (Å²) in [6, 6.07) is 5.77. The molecule has 21 heavy (non-hydrogen) atoms. The summed E-state index contributed by atoms with van der Waals surface area (Å²) in [5.41, 5.74) is -0.278. The van der Waals surface area contributed by atoms with E-state index in [1.807, 2.05) is 13.8 Å². The van der Waals surface area contributed by atoms with E-state index in [1.165, 1.54) is 24.5 Å². The van der Waals surface area contributed by atoms with Gasteiger partial charge in [0.05, 0.1) is 5.56 Å². The van der Waals surface area contributed by atoms with Gasteiger partial charge >= 0.3 is 13.3 Å². The number of benzene rings is 1. The minimum Gasteiger partial charge on any atom is -0.423 e. The normalized spacial score (nSPS) is 10.6. The van der Waals surface area contributed by atoms with Crippen LogP contribution < -0.4 is 5.46 Å². The lowest BCUT2D eigenvalue weighted by Gasteiger charge is -2.13. The number of rotatable bonds is 2. The molecule has 1 aromatic heterocycles. The van der Waals surface area contributed by atoms with Gasteiger partial charge in [0, 0.05) is 12.4 Å². The van der Waals surface area contributed by atoms with Crippen LogP contribution in [0.15, 0.2) is 42.7 Å². The van der Waals surface area contributed by atoms with Crippen LogP contribution in [0, 0.1) is 0 Å². The Morgan fingerprint density at radius 3 is 2.05 bits per heavy atom. The molecule has 112 valence electrons. The highest BCUT2D eigenvalue weighted by molar-refractivity contribution is 6.60. The van der Waals surface area contributed by atoms with E-state index < -0.39 is 18.9 Å². The van der Waals surface area contributed by atoms with Gasteiger partial charge in [-0.15, -0.1) is 0 Å². The lowest BCUT2D eigenvalue weighted by molar-refractivity contribution is -0.137. The third-order valence-electron chi connectivity index (χ3n) is 2.65. The number of hydrogen-bond donors (Lipinski definition) is 2. The Hall–Kier alpha value is -1.86. The molecule has 0 saturated heterocycles. The number of aromatic nitrogens is 1. The summed E-state index contributed by atoms with van der Waals surface area (Å²) >= 11 is 0. The Balaban J connectivity index is 0.00000106. The average Bonchev–Trinajstić information content (AvgIpc) is 2.48. The molecule has 3 nitrogen and oxygen atoms in total. The van der Waals surface area contributed by atoms with E-state index in [-0.39, 0.29) is 11.0 Å². The van der Waals surface area contributed by atoms with Gasteiger partial charge in [-0.25, -0.2) is 0 Å². The summed E-state index contributed by atoms with van der Waals surface area (Å²) in [6.45, 7) is 4.00. The summed E-state index contributed by atoms with van der Waals surface area (Å²) in [7, 11) is -1.84. The van der Waals surface area contributed by atoms with E-state index in [4.69, 9.17) is 0 Å². The van der Waals surface area contributed by atoms with Crippen LogP contribution in [0.4, 0.5) is 13.2 Å². The van der Waals surface area contributed by atoms with Crippen LogP contribution in [-0.4, -0.2) is 22.2 Å². The van der Waals surface area contributed by atoms with E-state index >= 15 is 0 Å². The molecule has 2 N–H and O–H groups in total. The van der Waals surface area contributed by atoms with E-state index in [2.05, 4.69) is 4.98 Å². The Morgan fingerprint density at radius 1 is 1.00 bits per heavy atom. The highest BCUT2D eigenvalue weighted by Crippen LogP contribution is 2.31. The first-order valence-corrected chi connectivity index (χ1v) is 6.37. The lowest BCUT2D eigenvalue weighted by Crippen LogP contribution is -2.32. The van der Waals surface area contributed by atoms with Gasteiger partial charge in [0.15, 0.2) is 0 Å². The zero-order chi connectivity index (χ0) is 16.0. The molecule has 0 fully saturated rings. The fourth-order valence-electron chi connectivity index (χ4n) is 1.74. The molecule has 2 aromatic rings. The number of alkyl halides is 3. The molecule has 1 heterocycles. The largest absolute Gasteiger partial charge is 0.489 e. The second-order valence-electron chi connectivity index (χ2n) is 3.91. The summed E-state index contributed by atoms with van der Waals surface area (Å²) in [4.78, 5) is 3.77.